The van der Waals surface area contributed by atoms with Gasteiger partial charge in [-0.2, -0.15) is 0 Å². The summed E-state index contributed by atoms with van der Waals surface area (Å²) in [7, 11) is 0. The minimum Gasteiger partial charge on any atom is -0.481 e. The summed E-state index contributed by atoms with van der Waals surface area (Å²) in [4.78, 5) is 10.7. The molecule has 0 amide bonds. The maximum atomic E-state index is 10.7. The molecule has 3 nitrogen and oxygen atoms in total. The van der Waals surface area contributed by atoms with E-state index in [1.165, 1.54) is 0 Å². The number of anilines is 1. The van der Waals surface area contributed by atoms with E-state index in [2.05, 4.69) is 11.4 Å². The molecule has 1 fully saturated rings. The summed E-state index contributed by atoms with van der Waals surface area (Å²) in [5.41, 5.74) is 3.18. The third-order valence-corrected chi connectivity index (χ3v) is 3.57. The number of carboxylic acids is 1. The first kappa shape index (κ1) is 12.2. The third kappa shape index (κ3) is 2.55. The normalized spacial score (nSPS) is 23.0. The van der Waals surface area contributed by atoms with Gasteiger partial charge in [-0.3, -0.25) is 4.79 Å². The monoisotopic (exact) mass is 253 g/mol. The van der Waals surface area contributed by atoms with Crippen LogP contribution < -0.4 is 5.32 Å². The first-order valence-electron chi connectivity index (χ1n) is 5.73. The average molecular weight is 254 g/mol. The molecular formula is C13H16ClNO2. The molecule has 0 radical (unpaired) electrons. The number of halogens is 1. The van der Waals surface area contributed by atoms with Crippen molar-refractivity contribution in [3.05, 3.63) is 28.3 Å². The molecule has 0 saturated heterocycles. The Bertz CT molecular complexity index is 430. The van der Waals surface area contributed by atoms with Crippen LogP contribution >= 0.6 is 11.6 Å². The van der Waals surface area contributed by atoms with Gasteiger partial charge in [-0.1, -0.05) is 17.7 Å². The van der Waals surface area contributed by atoms with Crippen molar-refractivity contribution in [2.45, 2.75) is 32.7 Å². The van der Waals surface area contributed by atoms with Crippen LogP contribution in [-0.2, 0) is 4.79 Å². The second-order valence-electron chi connectivity index (χ2n) is 4.79. The molecule has 0 aromatic heterocycles. The van der Waals surface area contributed by atoms with Crippen molar-refractivity contribution in [3.8, 4) is 0 Å². The number of hydrogen-bond donors (Lipinski definition) is 2. The maximum Gasteiger partial charge on any atom is 0.306 e. The number of aliphatic carboxylic acids is 1. The van der Waals surface area contributed by atoms with Crippen molar-refractivity contribution in [1.82, 2.24) is 0 Å². The van der Waals surface area contributed by atoms with E-state index in [0.29, 0.717) is 17.9 Å². The van der Waals surface area contributed by atoms with Crippen LogP contribution in [0.1, 0.15) is 24.0 Å². The van der Waals surface area contributed by atoms with Crippen LogP contribution in [-0.4, -0.2) is 17.1 Å². The fraction of sp³-hybridized carbons (Fsp3) is 0.462. The number of carboxylic acid groups (broad SMARTS) is 1. The van der Waals surface area contributed by atoms with Gasteiger partial charge >= 0.3 is 5.97 Å². The minimum absolute atomic E-state index is 0.197. The fourth-order valence-corrected chi connectivity index (χ4v) is 2.62. The highest BCUT2D eigenvalue weighted by molar-refractivity contribution is 6.33. The summed E-state index contributed by atoms with van der Waals surface area (Å²) in [6.45, 7) is 4.01. The van der Waals surface area contributed by atoms with Crippen molar-refractivity contribution in [2.75, 3.05) is 5.32 Å². The molecule has 0 spiro atoms. The Labute approximate surface area is 106 Å². The maximum absolute atomic E-state index is 10.7. The summed E-state index contributed by atoms with van der Waals surface area (Å²) in [5.74, 6) is -0.896. The van der Waals surface area contributed by atoms with Crippen molar-refractivity contribution >= 4 is 23.3 Å². The smallest absolute Gasteiger partial charge is 0.306 e. The lowest BCUT2D eigenvalue weighted by atomic mass is 9.80. The lowest BCUT2D eigenvalue weighted by molar-refractivity contribution is -0.144. The molecule has 0 heterocycles. The number of rotatable bonds is 3. The molecule has 4 heteroatoms. The Morgan fingerprint density at radius 3 is 2.59 bits per heavy atom. The molecule has 1 saturated carbocycles. The van der Waals surface area contributed by atoms with E-state index in [1.54, 1.807) is 0 Å². The van der Waals surface area contributed by atoms with Crippen molar-refractivity contribution in [1.29, 1.82) is 0 Å². The highest BCUT2D eigenvalue weighted by Crippen LogP contribution is 2.34. The number of hydrogen-bond acceptors (Lipinski definition) is 2. The van der Waals surface area contributed by atoms with E-state index in [1.807, 2.05) is 19.9 Å². The van der Waals surface area contributed by atoms with Crippen molar-refractivity contribution in [2.24, 2.45) is 5.92 Å². The second kappa shape index (κ2) is 4.57. The molecule has 2 rings (SSSR count). The highest BCUT2D eigenvalue weighted by atomic mass is 35.5. The van der Waals surface area contributed by atoms with E-state index in [-0.39, 0.29) is 12.0 Å². The van der Waals surface area contributed by atoms with Crippen LogP contribution in [0.4, 0.5) is 5.69 Å². The van der Waals surface area contributed by atoms with E-state index in [9.17, 15) is 4.79 Å². The molecule has 0 aliphatic heterocycles. The summed E-state index contributed by atoms with van der Waals surface area (Å²) in [6, 6.07) is 4.22. The average Bonchev–Trinajstić information content (AvgIpc) is 2.12. The fourth-order valence-electron chi connectivity index (χ4n) is 2.24. The summed E-state index contributed by atoms with van der Waals surface area (Å²) in [6.07, 6.45) is 1.36. The van der Waals surface area contributed by atoms with Crippen LogP contribution in [0.3, 0.4) is 0 Å². The van der Waals surface area contributed by atoms with Gasteiger partial charge in [0, 0.05) is 6.04 Å². The summed E-state index contributed by atoms with van der Waals surface area (Å²) < 4.78 is 0. The largest absolute Gasteiger partial charge is 0.481 e. The second-order valence-corrected chi connectivity index (χ2v) is 5.19. The van der Waals surface area contributed by atoms with Crippen LogP contribution in [0.15, 0.2) is 12.1 Å². The molecule has 1 aromatic carbocycles. The molecule has 1 aliphatic carbocycles. The lowest BCUT2D eigenvalue weighted by Gasteiger charge is -2.34. The SMILES string of the molecule is Cc1cc(C)c(NC2CC(C(=O)O)C2)c(Cl)c1. The quantitative estimate of drug-likeness (QED) is 0.870. The zero-order valence-electron chi connectivity index (χ0n) is 9.96. The van der Waals surface area contributed by atoms with Gasteiger partial charge in [-0.15, -0.1) is 0 Å². The standard InChI is InChI=1S/C13H16ClNO2/c1-7-3-8(2)12(11(14)4-7)15-10-5-9(6-10)13(16)17/h3-4,9-10,15H,5-6H2,1-2H3,(H,16,17). The van der Waals surface area contributed by atoms with Crippen LogP contribution in [0, 0.1) is 19.8 Å². The molecule has 1 aromatic rings. The molecular weight excluding hydrogens is 238 g/mol. The summed E-state index contributed by atoms with van der Waals surface area (Å²) >= 11 is 6.18. The Morgan fingerprint density at radius 1 is 1.41 bits per heavy atom. The van der Waals surface area contributed by atoms with Crippen LogP contribution in [0.5, 0.6) is 0 Å². The molecule has 17 heavy (non-hydrogen) atoms. The lowest BCUT2D eigenvalue weighted by Crippen LogP contribution is -2.39. The van der Waals surface area contributed by atoms with Gasteiger partial charge in [0.2, 0.25) is 0 Å². The Morgan fingerprint density at radius 2 is 2.06 bits per heavy atom. The number of benzene rings is 1. The molecule has 2 N–H and O–H groups in total. The van der Waals surface area contributed by atoms with Crippen LogP contribution in [0.2, 0.25) is 5.02 Å². The number of nitrogens with one attached hydrogen (secondary N) is 1. The zero-order chi connectivity index (χ0) is 12.6. The van der Waals surface area contributed by atoms with Gasteiger partial charge in [-0.25, -0.2) is 0 Å². The Hall–Kier alpha value is -1.22. The van der Waals surface area contributed by atoms with Crippen molar-refractivity contribution < 1.29 is 9.90 Å². The topological polar surface area (TPSA) is 49.3 Å². The molecule has 1 aliphatic rings. The number of carbonyl (C=O) groups is 1. The van der Waals surface area contributed by atoms with E-state index in [4.69, 9.17) is 16.7 Å². The Balaban J connectivity index is 2.04. The Kier molecular flexibility index (Phi) is 3.29. The van der Waals surface area contributed by atoms with Gasteiger partial charge in [-0.05, 0) is 43.9 Å². The zero-order valence-corrected chi connectivity index (χ0v) is 10.7. The first-order valence-corrected chi connectivity index (χ1v) is 6.11. The van der Waals surface area contributed by atoms with E-state index < -0.39 is 5.97 Å². The van der Waals surface area contributed by atoms with Gasteiger partial charge < -0.3 is 10.4 Å². The van der Waals surface area contributed by atoms with E-state index in [0.717, 1.165) is 16.8 Å². The minimum atomic E-state index is -0.699. The molecule has 0 bridgehead atoms. The van der Waals surface area contributed by atoms with Gasteiger partial charge in [0.1, 0.15) is 0 Å². The molecule has 92 valence electrons. The van der Waals surface area contributed by atoms with E-state index >= 15 is 0 Å². The summed E-state index contributed by atoms with van der Waals surface area (Å²) in [5, 5.41) is 12.9. The number of aryl methyl sites for hydroxylation is 2. The predicted molar refractivity (Wildman–Crippen MR) is 68.7 cm³/mol. The molecule has 0 atom stereocenters. The van der Waals surface area contributed by atoms with Gasteiger partial charge in [0.05, 0.1) is 16.6 Å². The third-order valence-electron chi connectivity index (χ3n) is 3.27. The van der Waals surface area contributed by atoms with Crippen molar-refractivity contribution in [3.63, 3.8) is 0 Å². The molecule has 0 unspecified atom stereocenters. The first-order chi connectivity index (χ1) is 7.97. The highest BCUT2D eigenvalue weighted by Gasteiger charge is 2.34. The van der Waals surface area contributed by atoms with Crippen LogP contribution in [0.25, 0.3) is 0 Å². The van der Waals surface area contributed by atoms with Gasteiger partial charge in [0.15, 0.2) is 0 Å². The predicted octanol–water partition coefficient (Wildman–Crippen LogP) is 3.23. The van der Waals surface area contributed by atoms with Gasteiger partial charge in [0.25, 0.3) is 0 Å².